The van der Waals surface area contributed by atoms with Gasteiger partial charge in [-0.3, -0.25) is 4.79 Å². The van der Waals surface area contributed by atoms with Crippen molar-refractivity contribution in [1.82, 2.24) is 10.0 Å². The van der Waals surface area contributed by atoms with E-state index >= 15 is 0 Å². The summed E-state index contributed by atoms with van der Waals surface area (Å²) in [6.45, 7) is 7.09. The molecule has 1 rings (SSSR count). The van der Waals surface area contributed by atoms with Crippen LogP contribution < -0.4 is 14.8 Å². The molecular formula is C15H24N2O4S. The second-order valence-corrected chi connectivity index (χ2v) is 7.01. The molecule has 1 aromatic carbocycles. The molecule has 0 radical (unpaired) electrons. The maximum atomic E-state index is 12.3. The molecule has 1 aromatic rings. The van der Waals surface area contributed by atoms with Crippen molar-refractivity contribution in [2.45, 2.75) is 51.1 Å². The number of ether oxygens (including phenoxy) is 1. The number of nitrogens with one attached hydrogen (secondary N) is 2. The van der Waals surface area contributed by atoms with Crippen LogP contribution in [0.4, 0.5) is 0 Å². The lowest BCUT2D eigenvalue weighted by atomic mass is 10.2. The van der Waals surface area contributed by atoms with Gasteiger partial charge in [-0.2, -0.15) is 4.72 Å². The van der Waals surface area contributed by atoms with E-state index in [4.69, 9.17) is 4.74 Å². The van der Waals surface area contributed by atoms with E-state index in [1.807, 2.05) is 13.8 Å². The lowest BCUT2D eigenvalue weighted by Gasteiger charge is -2.18. The molecule has 0 bridgehead atoms. The fourth-order valence-corrected chi connectivity index (χ4v) is 3.13. The van der Waals surface area contributed by atoms with Gasteiger partial charge in [0.15, 0.2) is 0 Å². The summed E-state index contributed by atoms with van der Waals surface area (Å²) in [5.74, 6) is 0.268. The maximum absolute atomic E-state index is 12.3. The van der Waals surface area contributed by atoms with Gasteiger partial charge in [-0.15, -0.1) is 0 Å². The average Bonchev–Trinajstić information content (AvgIpc) is 2.46. The minimum Gasteiger partial charge on any atom is -0.496 e. The van der Waals surface area contributed by atoms with Crippen LogP contribution in [0.15, 0.2) is 23.1 Å². The van der Waals surface area contributed by atoms with Crippen LogP contribution in [-0.4, -0.2) is 33.5 Å². The highest BCUT2D eigenvalue weighted by atomic mass is 32.2. The summed E-state index contributed by atoms with van der Waals surface area (Å²) in [5, 5.41) is 2.75. The zero-order valence-corrected chi connectivity index (χ0v) is 14.5. The quantitative estimate of drug-likeness (QED) is 0.796. The Labute approximate surface area is 132 Å². The molecule has 7 heteroatoms. The van der Waals surface area contributed by atoms with Crippen LogP contribution in [0.2, 0.25) is 0 Å². The third kappa shape index (κ3) is 4.71. The van der Waals surface area contributed by atoms with E-state index < -0.39 is 16.1 Å². The molecule has 22 heavy (non-hydrogen) atoms. The first-order valence-corrected chi connectivity index (χ1v) is 8.67. The average molecular weight is 328 g/mol. The molecule has 0 aromatic heterocycles. The van der Waals surface area contributed by atoms with Gasteiger partial charge in [-0.1, -0.05) is 6.92 Å². The first-order valence-electron chi connectivity index (χ1n) is 7.18. The minimum absolute atomic E-state index is 0.00249. The van der Waals surface area contributed by atoms with E-state index in [0.717, 1.165) is 6.42 Å². The number of carbonyl (C=O) groups is 1. The van der Waals surface area contributed by atoms with E-state index in [2.05, 4.69) is 10.0 Å². The Morgan fingerprint density at radius 3 is 2.45 bits per heavy atom. The zero-order chi connectivity index (χ0) is 16.9. The molecule has 1 amide bonds. The largest absolute Gasteiger partial charge is 0.496 e. The van der Waals surface area contributed by atoms with Crippen molar-refractivity contribution in [3.63, 3.8) is 0 Å². The molecule has 0 aliphatic heterocycles. The van der Waals surface area contributed by atoms with Crippen molar-refractivity contribution in [2.75, 3.05) is 7.11 Å². The number of methoxy groups -OCH3 is 1. The highest BCUT2D eigenvalue weighted by Gasteiger charge is 2.23. The number of hydrogen-bond acceptors (Lipinski definition) is 4. The molecular weight excluding hydrogens is 304 g/mol. The van der Waals surface area contributed by atoms with Crippen LogP contribution in [0.1, 0.15) is 32.8 Å². The summed E-state index contributed by atoms with van der Waals surface area (Å²) in [5.41, 5.74) is 0.710. The number of hydrogen-bond donors (Lipinski definition) is 2. The summed E-state index contributed by atoms with van der Waals surface area (Å²) < 4.78 is 32.1. The highest BCUT2D eigenvalue weighted by molar-refractivity contribution is 7.89. The van der Waals surface area contributed by atoms with E-state index in [1.54, 1.807) is 13.0 Å². The van der Waals surface area contributed by atoms with Crippen molar-refractivity contribution in [2.24, 2.45) is 0 Å². The molecule has 0 saturated carbocycles. The fraction of sp³-hybridized carbons (Fsp3) is 0.533. The SMILES string of the molecule is CCC(C)NC(=O)C(C)NS(=O)(=O)c1ccc(OC)c(C)c1. The number of benzene rings is 1. The maximum Gasteiger partial charge on any atom is 0.241 e. The molecule has 0 aliphatic carbocycles. The molecule has 124 valence electrons. The van der Waals surface area contributed by atoms with E-state index in [9.17, 15) is 13.2 Å². The molecule has 0 spiro atoms. The monoisotopic (exact) mass is 328 g/mol. The molecule has 0 heterocycles. The zero-order valence-electron chi connectivity index (χ0n) is 13.6. The normalized spacial score (nSPS) is 14.2. The topological polar surface area (TPSA) is 84.5 Å². The standard InChI is InChI=1S/C15H24N2O4S/c1-6-11(3)16-15(18)12(4)17-22(19,20)13-7-8-14(21-5)10(2)9-13/h7-9,11-12,17H,6H2,1-5H3,(H,16,18). The van der Waals surface area contributed by atoms with Gasteiger partial charge in [-0.05, 0) is 51.0 Å². The second-order valence-electron chi connectivity index (χ2n) is 5.29. The third-order valence-electron chi connectivity index (χ3n) is 3.40. The van der Waals surface area contributed by atoms with Crippen molar-refractivity contribution < 1.29 is 17.9 Å². The van der Waals surface area contributed by atoms with Crippen molar-refractivity contribution in [1.29, 1.82) is 0 Å². The Morgan fingerprint density at radius 1 is 1.32 bits per heavy atom. The van der Waals surface area contributed by atoms with Crippen LogP contribution in [0.5, 0.6) is 5.75 Å². The van der Waals surface area contributed by atoms with E-state index in [0.29, 0.717) is 11.3 Å². The Hall–Kier alpha value is -1.60. The lowest BCUT2D eigenvalue weighted by molar-refractivity contribution is -0.122. The van der Waals surface area contributed by atoms with Gasteiger partial charge in [0, 0.05) is 6.04 Å². The van der Waals surface area contributed by atoms with E-state index in [-0.39, 0.29) is 16.8 Å². The number of rotatable bonds is 7. The van der Waals surface area contributed by atoms with Gasteiger partial charge in [0.2, 0.25) is 15.9 Å². The van der Waals surface area contributed by atoms with Crippen molar-refractivity contribution in [3.8, 4) is 5.75 Å². The van der Waals surface area contributed by atoms with Crippen LogP contribution in [0.25, 0.3) is 0 Å². The molecule has 2 unspecified atom stereocenters. The third-order valence-corrected chi connectivity index (χ3v) is 4.94. The van der Waals surface area contributed by atoms with Crippen LogP contribution in [-0.2, 0) is 14.8 Å². The Bertz CT molecular complexity index is 628. The summed E-state index contributed by atoms with van der Waals surface area (Å²) in [4.78, 5) is 12.0. The van der Waals surface area contributed by atoms with Gasteiger partial charge in [0.05, 0.1) is 18.0 Å². The molecule has 0 fully saturated rings. The van der Waals surface area contributed by atoms with Crippen molar-refractivity contribution in [3.05, 3.63) is 23.8 Å². The highest BCUT2D eigenvalue weighted by Crippen LogP contribution is 2.21. The van der Waals surface area contributed by atoms with Crippen molar-refractivity contribution >= 4 is 15.9 Å². The lowest BCUT2D eigenvalue weighted by Crippen LogP contribution is -2.47. The molecule has 0 aliphatic rings. The number of sulfonamides is 1. The molecule has 0 saturated heterocycles. The van der Waals surface area contributed by atoms with Crippen LogP contribution in [0, 0.1) is 6.92 Å². The second kappa shape index (κ2) is 7.60. The molecule has 2 N–H and O–H groups in total. The summed E-state index contributed by atoms with van der Waals surface area (Å²) in [6.07, 6.45) is 0.781. The van der Waals surface area contributed by atoms with Crippen LogP contribution >= 0.6 is 0 Å². The predicted molar refractivity (Wildman–Crippen MR) is 85.4 cm³/mol. The summed E-state index contributed by atoms with van der Waals surface area (Å²) in [6, 6.07) is 3.71. The fourth-order valence-electron chi connectivity index (χ4n) is 1.84. The number of carbonyl (C=O) groups excluding carboxylic acids is 1. The smallest absolute Gasteiger partial charge is 0.241 e. The van der Waals surface area contributed by atoms with Gasteiger partial charge < -0.3 is 10.1 Å². The molecule has 6 nitrogen and oxygen atoms in total. The first-order chi connectivity index (χ1) is 10.2. The molecule has 2 atom stereocenters. The Morgan fingerprint density at radius 2 is 1.95 bits per heavy atom. The predicted octanol–water partition coefficient (Wildman–Crippen LogP) is 1.59. The number of aryl methyl sites for hydroxylation is 1. The Balaban J connectivity index is 2.87. The first kappa shape index (κ1) is 18.4. The van der Waals surface area contributed by atoms with Gasteiger partial charge in [0.1, 0.15) is 5.75 Å². The Kier molecular flexibility index (Phi) is 6.37. The van der Waals surface area contributed by atoms with Crippen LogP contribution in [0.3, 0.4) is 0 Å². The van der Waals surface area contributed by atoms with Gasteiger partial charge in [-0.25, -0.2) is 8.42 Å². The summed E-state index contributed by atoms with van der Waals surface area (Å²) in [7, 11) is -2.24. The number of amides is 1. The van der Waals surface area contributed by atoms with E-state index in [1.165, 1.54) is 26.2 Å². The minimum atomic E-state index is -3.76. The van der Waals surface area contributed by atoms with Gasteiger partial charge in [0.25, 0.3) is 0 Å². The van der Waals surface area contributed by atoms with Gasteiger partial charge >= 0.3 is 0 Å². The summed E-state index contributed by atoms with van der Waals surface area (Å²) >= 11 is 0.